The first-order chi connectivity index (χ1) is 19.3. The van der Waals surface area contributed by atoms with Gasteiger partial charge < -0.3 is 10.1 Å². The van der Waals surface area contributed by atoms with Gasteiger partial charge in [0.05, 0.1) is 29.5 Å². The molecule has 5 aromatic heterocycles. The Hall–Kier alpha value is -4.84. The summed E-state index contributed by atoms with van der Waals surface area (Å²) in [7, 11) is 0. The number of benzene rings is 1. The van der Waals surface area contributed by atoms with Crippen LogP contribution in [0.25, 0.3) is 56.0 Å². The number of aromatic amines is 2. The van der Waals surface area contributed by atoms with Crippen LogP contribution >= 0.6 is 0 Å². The molecule has 12 heteroatoms. The Morgan fingerprint density at radius 1 is 1.02 bits per heavy atom. The van der Waals surface area contributed by atoms with E-state index in [0.29, 0.717) is 58.1 Å². The summed E-state index contributed by atoms with van der Waals surface area (Å²) in [5, 5.41) is 18.1. The topological polar surface area (TPSA) is 120 Å². The van der Waals surface area contributed by atoms with Crippen LogP contribution in [-0.4, -0.2) is 64.1 Å². The van der Waals surface area contributed by atoms with Crippen molar-refractivity contribution in [2.45, 2.75) is 18.9 Å². The van der Waals surface area contributed by atoms with Gasteiger partial charge in [0.15, 0.2) is 11.5 Å². The molecule has 0 spiro atoms. The smallest absolute Gasteiger partial charge is 0.261 e. The zero-order chi connectivity index (χ0) is 27.4. The molecule has 1 saturated heterocycles. The molecular weight excluding hydrogens is 521 g/mol. The average Bonchev–Trinajstić information content (AvgIpc) is 3.63. The van der Waals surface area contributed by atoms with Crippen LogP contribution in [-0.2, 0) is 6.54 Å². The maximum Gasteiger partial charge on any atom is 0.261 e. The maximum absolute atomic E-state index is 14.0. The minimum atomic E-state index is -2.65. The summed E-state index contributed by atoms with van der Waals surface area (Å²) in [6.07, 6.45) is 6.46. The molecule has 0 bridgehead atoms. The van der Waals surface area contributed by atoms with Crippen LogP contribution in [0, 0.1) is 5.82 Å². The van der Waals surface area contributed by atoms with Crippen molar-refractivity contribution < 1.29 is 18.3 Å². The lowest BCUT2D eigenvalue weighted by Crippen LogP contribution is -2.24. The number of likely N-dealkylation sites (tertiary alicyclic amines) is 1. The molecule has 40 heavy (non-hydrogen) atoms. The highest BCUT2D eigenvalue weighted by molar-refractivity contribution is 5.96. The highest BCUT2D eigenvalue weighted by Gasteiger charge is 2.37. The van der Waals surface area contributed by atoms with Crippen LogP contribution in [0.5, 0.6) is 5.75 Å². The van der Waals surface area contributed by atoms with Gasteiger partial charge in [0.1, 0.15) is 17.3 Å². The van der Waals surface area contributed by atoms with E-state index in [1.165, 1.54) is 12.1 Å². The molecule has 7 rings (SSSR count). The summed E-state index contributed by atoms with van der Waals surface area (Å²) in [6.45, 7) is 0.468. The van der Waals surface area contributed by atoms with Crippen LogP contribution in [0.4, 0.5) is 13.2 Å². The average molecular weight is 543 g/mol. The highest BCUT2D eigenvalue weighted by atomic mass is 19.3. The number of fused-ring (bicyclic) bond motifs is 2. The van der Waals surface area contributed by atoms with Crippen molar-refractivity contribution in [3.05, 3.63) is 72.6 Å². The van der Waals surface area contributed by atoms with Crippen molar-refractivity contribution in [1.29, 1.82) is 0 Å². The maximum atomic E-state index is 14.0. The molecule has 1 aromatic carbocycles. The molecule has 0 unspecified atom stereocenters. The number of aromatic hydroxyl groups is 1. The molecular formula is C28H21F3N8O. The van der Waals surface area contributed by atoms with Gasteiger partial charge in [0, 0.05) is 60.7 Å². The molecule has 0 aliphatic carbocycles. The number of halogens is 3. The summed E-state index contributed by atoms with van der Waals surface area (Å²) in [5.41, 5.74) is 5.51. The number of aromatic nitrogens is 7. The minimum Gasteiger partial charge on any atom is -0.508 e. The first-order valence-corrected chi connectivity index (χ1v) is 12.5. The number of pyridine rings is 3. The molecule has 1 aliphatic heterocycles. The zero-order valence-electron chi connectivity index (χ0n) is 20.9. The SMILES string of the molecule is Oc1cc(F)cc(-c2ccnc3nc(-c4n[nH]c5cnc(-c6cncc(CN7CCC(F)(F)C7)c6)cc45)[nH]c23)c1. The van der Waals surface area contributed by atoms with Gasteiger partial charge in [0.2, 0.25) is 0 Å². The van der Waals surface area contributed by atoms with Crippen molar-refractivity contribution >= 4 is 22.1 Å². The van der Waals surface area contributed by atoms with Crippen LogP contribution in [0.1, 0.15) is 12.0 Å². The molecule has 0 radical (unpaired) electrons. The number of hydrogen-bond donors (Lipinski definition) is 3. The number of nitrogens with zero attached hydrogens (tertiary/aromatic N) is 6. The van der Waals surface area contributed by atoms with Gasteiger partial charge in [0.25, 0.3) is 5.92 Å². The Morgan fingerprint density at radius 2 is 1.93 bits per heavy atom. The van der Waals surface area contributed by atoms with Crippen molar-refractivity contribution in [1.82, 2.24) is 40.0 Å². The molecule has 6 heterocycles. The van der Waals surface area contributed by atoms with E-state index >= 15 is 0 Å². The van der Waals surface area contributed by atoms with Crippen LogP contribution in [0.2, 0.25) is 0 Å². The van der Waals surface area contributed by atoms with Crippen LogP contribution in [0.3, 0.4) is 0 Å². The van der Waals surface area contributed by atoms with E-state index in [0.717, 1.165) is 22.6 Å². The number of hydrogen-bond acceptors (Lipinski definition) is 7. The number of H-pyrrole nitrogens is 2. The Balaban J connectivity index is 1.25. The number of imidazole rings is 1. The first kappa shape index (κ1) is 24.2. The van der Waals surface area contributed by atoms with Crippen molar-refractivity contribution in [3.8, 4) is 39.7 Å². The normalized spacial score (nSPS) is 15.4. The lowest BCUT2D eigenvalue weighted by Gasteiger charge is -2.15. The van der Waals surface area contributed by atoms with Gasteiger partial charge in [-0.3, -0.25) is 20.0 Å². The van der Waals surface area contributed by atoms with Gasteiger partial charge >= 0.3 is 0 Å². The fraction of sp³-hybridized carbons (Fsp3) is 0.179. The fourth-order valence-corrected chi connectivity index (χ4v) is 5.16. The predicted molar refractivity (Wildman–Crippen MR) is 142 cm³/mol. The lowest BCUT2D eigenvalue weighted by atomic mass is 10.1. The molecule has 0 saturated carbocycles. The van der Waals surface area contributed by atoms with Gasteiger partial charge in [-0.25, -0.2) is 23.1 Å². The first-order valence-electron chi connectivity index (χ1n) is 12.5. The van der Waals surface area contributed by atoms with Crippen molar-refractivity contribution in [2.24, 2.45) is 0 Å². The second kappa shape index (κ2) is 9.12. The lowest BCUT2D eigenvalue weighted by molar-refractivity contribution is 0.0115. The third kappa shape index (κ3) is 4.41. The monoisotopic (exact) mass is 542 g/mol. The standard InChI is InChI=1S/C28H21F3N8O/c29-18-6-16(7-19(40)8-18)20-1-3-33-26-24(20)35-27(36-26)25-21-9-22(34-12-23(21)37-38-25)17-5-15(10-32-11-17)13-39-4-2-28(30,31)14-39/h1,3,5-12,40H,2,4,13-14H2,(H,37,38)(H,33,35,36). The van der Waals surface area contributed by atoms with E-state index in [9.17, 15) is 18.3 Å². The zero-order valence-corrected chi connectivity index (χ0v) is 20.9. The quantitative estimate of drug-likeness (QED) is 0.270. The summed E-state index contributed by atoms with van der Waals surface area (Å²) in [4.78, 5) is 22.8. The van der Waals surface area contributed by atoms with Crippen molar-refractivity contribution in [3.63, 3.8) is 0 Å². The molecule has 0 amide bonds. The van der Waals surface area contributed by atoms with E-state index in [-0.39, 0.29) is 18.7 Å². The number of phenolic OH excluding ortho intramolecular Hbond substituents is 1. The number of phenols is 1. The molecule has 1 fully saturated rings. The second-order valence-electron chi connectivity index (χ2n) is 9.93. The molecule has 0 atom stereocenters. The molecule has 3 N–H and O–H groups in total. The predicted octanol–water partition coefficient (Wildman–Crippen LogP) is 5.31. The summed E-state index contributed by atoms with van der Waals surface area (Å²) in [5.74, 6) is -2.95. The Labute approximate surface area is 224 Å². The van der Waals surface area contributed by atoms with Crippen LogP contribution < -0.4 is 0 Å². The highest BCUT2D eigenvalue weighted by Crippen LogP contribution is 2.33. The third-order valence-electron chi connectivity index (χ3n) is 7.00. The molecule has 200 valence electrons. The number of nitrogens with one attached hydrogen (secondary N) is 2. The van der Waals surface area contributed by atoms with E-state index in [1.807, 2.05) is 12.1 Å². The number of rotatable bonds is 5. The molecule has 9 nitrogen and oxygen atoms in total. The Bertz CT molecular complexity index is 1880. The Kier molecular flexibility index (Phi) is 5.52. The third-order valence-corrected chi connectivity index (χ3v) is 7.00. The largest absolute Gasteiger partial charge is 0.508 e. The Morgan fingerprint density at radius 3 is 2.75 bits per heavy atom. The van der Waals surface area contributed by atoms with E-state index in [4.69, 9.17) is 0 Å². The molecule has 6 aromatic rings. The van der Waals surface area contributed by atoms with E-state index < -0.39 is 11.7 Å². The number of alkyl halides is 2. The summed E-state index contributed by atoms with van der Waals surface area (Å²) in [6, 6.07) is 9.32. The minimum absolute atomic E-state index is 0.134. The van der Waals surface area contributed by atoms with Crippen molar-refractivity contribution in [2.75, 3.05) is 13.1 Å². The summed E-state index contributed by atoms with van der Waals surface area (Å²) >= 11 is 0. The van der Waals surface area contributed by atoms with Gasteiger partial charge in [-0.05, 0) is 41.5 Å². The second-order valence-corrected chi connectivity index (χ2v) is 9.93. The molecule has 1 aliphatic rings. The van der Waals surface area contributed by atoms with Gasteiger partial charge in [-0.1, -0.05) is 0 Å². The summed E-state index contributed by atoms with van der Waals surface area (Å²) < 4.78 is 41.3. The van der Waals surface area contributed by atoms with E-state index in [1.54, 1.807) is 35.8 Å². The fourth-order valence-electron chi connectivity index (χ4n) is 5.16. The van der Waals surface area contributed by atoms with Gasteiger partial charge in [-0.2, -0.15) is 5.10 Å². The van der Waals surface area contributed by atoms with Crippen LogP contribution in [0.15, 0.2) is 61.2 Å². The van der Waals surface area contributed by atoms with E-state index in [2.05, 4.69) is 35.1 Å². The van der Waals surface area contributed by atoms with Gasteiger partial charge in [-0.15, -0.1) is 0 Å².